The molecule has 16 heavy (non-hydrogen) atoms. The van der Waals surface area contributed by atoms with E-state index in [4.69, 9.17) is 14.2 Å². The Balaban J connectivity index is 2.47. The zero-order valence-electron chi connectivity index (χ0n) is 9.09. The van der Waals surface area contributed by atoms with Gasteiger partial charge in [-0.15, -0.1) is 0 Å². The summed E-state index contributed by atoms with van der Waals surface area (Å²) >= 11 is 3.38. The van der Waals surface area contributed by atoms with Crippen molar-refractivity contribution in [1.29, 1.82) is 0 Å². The van der Waals surface area contributed by atoms with Crippen molar-refractivity contribution in [2.24, 2.45) is 0 Å². The maximum Gasteiger partial charge on any atom is 0.203 e. The summed E-state index contributed by atoms with van der Waals surface area (Å²) in [5.74, 6) is 2.09. The summed E-state index contributed by atoms with van der Waals surface area (Å²) in [6.45, 7) is 5.10. The average molecular weight is 285 g/mol. The SMILES string of the molecule is C=C(CBr)c1cc(OC)c2c(c1)OCCO2. The molecule has 4 heteroatoms. The Hall–Kier alpha value is -1.16. The minimum atomic E-state index is 0.558. The first-order valence-electron chi connectivity index (χ1n) is 4.98. The predicted molar refractivity (Wildman–Crippen MR) is 66.8 cm³/mol. The van der Waals surface area contributed by atoms with Crippen LogP contribution in [-0.2, 0) is 0 Å². The molecule has 0 unspecified atom stereocenters. The first-order chi connectivity index (χ1) is 7.76. The van der Waals surface area contributed by atoms with E-state index in [9.17, 15) is 0 Å². The molecule has 0 spiro atoms. The van der Waals surface area contributed by atoms with Crippen molar-refractivity contribution < 1.29 is 14.2 Å². The molecule has 0 radical (unpaired) electrons. The lowest BCUT2D eigenvalue weighted by atomic mass is 10.1. The highest BCUT2D eigenvalue weighted by Crippen LogP contribution is 2.41. The Kier molecular flexibility index (Phi) is 3.39. The first kappa shape index (κ1) is 11.3. The van der Waals surface area contributed by atoms with Gasteiger partial charge in [0.25, 0.3) is 0 Å². The van der Waals surface area contributed by atoms with E-state index in [0.29, 0.717) is 24.7 Å². The van der Waals surface area contributed by atoms with Gasteiger partial charge in [-0.05, 0) is 23.3 Å². The lowest BCUT2D eigenvalue weighted by molar-refractivity contribution is 0.165. The van der Waals surface area contributed by atoms with Crippen molar-refractivity contribution in [3.63, 3.8) is 0 Å². The average Bonchev–Trinajstić information content (AvgIpc) is 2.36. The number of hydrogen-bond donors (Lipinski definition) is 0. The molecule has 0 saturated heterocycles. The third-order valence-corrected chi connectivity index (χ3v) is 3.07. The predicted octanol–water partition coefficient (Wildman–Crippen LogP) is 2.87. The number of alkyl halides is 1. The van der Waals surface area contributed by atoms with Crippen LogP contribution in [-0.4, -0.2) is 25.7 Å². The zero-order chi connectivity index (χ0) is 11.5. The Morgan fingerprint density at radius 2 is 2.19 bits per heavy atom. The van der Waals surface area contributed by atoms with Crippen LogP contribution in [0, 0.1) is 0 Å². The molecule has 1 aliphatic rings. The molecule has 1 heterocycles. The van der Waals surface area contributed by atoms with E-state index in [1.165, 1.54) is 0 Å². The smallest absolute Gasteiger partial charge is 0.203 e. The molecule has 0 aromatic heterocycles. The van der Waals surface area contributed by atoms with Gasteiger partial charge in [0, 0.05) is 5.33 Å². The highest BCUT2D eigenvalue weighted by Gasteiger charge is 2.18. The number of hydrogen-bond acceptors (Lipinski definition) is 3. The molecule has 86 valence electrons. The summed E-state index contributed by atoms with van der Waals surface area (Å²) in [7, 11) is 1.62. The lowest BCUT2D eigenvalue weighted by Gasteiger charge is -2.21. The minimum Gasteiger partial charge on any atom is -0.493 e. The van der Waals surface area contributed by atoms with Crippen molar-refractivity contribution >= 4 is 21.5 Å². The molecule has 0 amide bonds. The van der Waals surface area contributed by atoms with Crippen LogP contribution in [0.3, 0.4) is 0 Å². The fraction of sp³-hybridized carbons (Fsp3) is 0.333. The third kappa shape index (κ3) is 2.02. The lowest BCUT2D eigenvalue weighted by Crippen LogP contribution is -2.16. The van der Waals surface area contributed by atoms with Crippen molar-refractivity contribution in [2.75, 3.05) is 25.7 Å². The number of methoxy groups -OCH3 is 1. The van der Waals surface area contributed by atoms with E-state index in [1.54, 1.807) is 7.11 Å². The van der Waals surface area contributed by atoms with E-state index in [1.807, 2.05) is 12.1 Å². The topological polar surface area (TPSA) is 27.7 Å². The van der Waals surface area contributed by atoms with E-state index in [0.717, 1.165) is 22.2 Å². The minimum absolute atomic E-state index is 0.558. The highest BCUT2D eigenvalue weighted by molar-refractivity contribution is 9.09. The van der Waals surface area contributed by atoms with Gasteiger partial charge >= 0.3 is 0 Å². The molecule has 1 aromatic carbocycles. The Labute approximate surface area is 103 Å². The van der Waals surface area contributed by atoms with Crippen LogP contribution >= 0.6 is 15.9 Å². The summed E-state index contributed by atoms with van der Waals surface area (Å²) in [6.07, 6.45) is 0. The zero-order valence-corrected chi connectivity index (χ0v) is 10.7. The van der Waals surface area contributed by atoms with Crippen molar-refractivity contribution in [3.05, 3.63) is 24.3 Å². The summed E-state index contributed by atoms with van der Waals surface area (Å²) in [6, 6.07) is 3.84. The number of rotatable bonds is 3. The molecule has 2 rings (SSSR count). The van der Waals surface area contributed by atoms with Gasteiger partial charge < -0.3 is 14.2 Å². The molecule has 0 aliphatic carbocycles. The third-order valence-electron chi connectivity index (χ3n) is 2.40. The first-order valence-corrected chi connectivity index (χ1v) is 6.10. The maximum atomic E-state index is 5.54. The molecule has 1 aliphatic heterocycles. The molecule has 0 N–H and O–H groups in total. The van der Waals surface area contributed by atoms with Crippen molar-refractivity contribution in [3.8, 4) is 17.2 Å². The van der Waals surface area contributed by atoms with Gasteiger partial charge in [-0.25, -0.2) is 0 Å². The van der Waals surface area contributed by atoms with Gasteiger partial charge in [0.1, 0.15) is 13.2 Å². The number of fused-ring (bicyclic) bond motifs is 1. The molecule has 3 nitrogen and oxygen atoms in total. The number of halogens is 1. The standard InChI is InChI=1S/C12H13BrO3/c1-8(7-13)9-5-10(14-2)12-11(6-9)15-3-4-16-12/h5-6H,1,3-4,7H2,2H3. The van der Waals surface area contributed by atoms with Crippen LogP contribution in [0.15, 0.2) is 18.7 Å². The Morgan fingerprint density at radius 1 is 1.44 bits per heavy atom. The normalized spacial score (nSPS) is 13.4. The van der Waals surface area contributed by atoms with Crippen LogP contribution in [0.5, 0.6) is 17.2 Å². The number of ether oxygens (including phenoxy) is 3. The fourth-order valence-electron chi connectivity index (χ4n) is 1.55. The molecule has 0 fully saturated rings. The molecule has 1 aromatic rings. The molecule has 0 bridgehead atoms. The monoisotopic (exact) mass is 284 g/mol. The van der Waals surface area contributed by atoms with Gasteiger partial charge in [0.05, 0.1) is 7.11 Å². The molecule has 0 saturated carbocycles. The summed E-state index contributed by atoms with van der Waals surface area (Å²) in [4.78, 5) is 0. The van der Waals surface area contributed by atoms with Crippen LogP contribution < -0.4 is 14.2 Å². The number of allylic oxidation sites excluding steroid dienone is 1. The number of benzene rings is 1. The van der Waals surface area contributed by atoms with Crippen LogP contribution in [0.4, 0.5) is 0 Å². The summed E-state index contributed by atoms with van der Waals surface area (Å²) < 4.78 is 16.3. The molecular formula is C12H13BrO3. The summed E-state index contributed by atoms with van der Waals surface area (Å²) in [5, 5.41) is 0.718. The Morgan fingerprint density at radius 3 is 2.88 bits per heavy atom. The molecular weight excluding hydrogens is 272 g/mol. The second kappa shape index (κ2) is 4.78. The highest BCUT2D eigenvalue weighted by atomic mass is 79.9. The van der Waals surface area contributed by atoms with Crippen LogP contribution in [0.1, 0.15) is 5.56 Å². The second-order valence-corrected chi connectivity index (χ2v) is 4.00. The molecule has 0 atom stereocenters. The van der Waals surface area contributed by atoms with Crippen LogP contribution in [0.2, 0.25) is 0 Å². The summed E-state index contributed by atoms with van der Waals surface area (Å²) in [5.41, 5.74) is 1.98. The largest absolute Gasteiger partial charge is 0.493 e. The van der Waals surface area contributed by atoms with Gasteiger partial charge in [0.15, 0.2) is 11.5 Å². The fourth-order valence-corrected chi connectivity index (χ4v) is 1.88. The van der Waals surface area contributed by atoms with Gasteiger partial charge in [-0.1, -0.05) is 22.5 Å². The van der Waals surface area contributed by atoms with E-state index in [2.05, 4.69) is 22.5 Å². The van der Waals surface area contributed by atoms with Crippen LogP contribution in [0.25, 0.3) is 5.57 Å². The van der Waals surface area contributed by atoms with Crippen molar-refractivity contribution in [2.45, 2.75) is 0 Å². The van der Waals surface area contributed by atoms with Gasteiger partial charge in [-0.2, -0.15) is 0 Å². The quantitative estimate of drug-likeness (QED) is 0.799. The Bertz CT molecular complexity index is 398. The maximum absolute atomic E-state index is 5.54. The second-order valence-electron chi connectivity index (χ2n) is 3.44. The van der Waals surface area contributed by atoms with E-state index in [-0.39, 0.29) is 0 Å². The van der Waals surface area contributed by atoms with Gasteiger partial charge in [0.2, 0.25) is 5.75 Å². The van der Waals surface area contributed by atoms with Gasteiger partial charge in [-0.3, -0.25) is 0 Å². The van der Waals surface area contributed by atoms with E-state index < -0.39 is 0 Å². The van der Waals surface area contributed by atoms with Crippen molar-refractivity contribution in [1.82, 2.24) is 0 Å². The van der Waals surface area contributed by atoms with E-state index >= 15 is 0 Å².